The minimum absolute atomic E-state index is 0.351. The third-order valence-electron chi connectivity index (χ3n) is 3.88. The molecule has 0 amide bonds. The molecule has 1 fully saturated rings. The lowest BCUT2D eigenvalue weighted by molar-refractivity contribution is -0.138. The Morgan fingerprint density at radius 1 is 1.00 bits per heavy atom. The molecule has 0 radical (unpaired) electrons. The summed E-state index contributed by atoms with van der Waals surface area (Å²) in [5.41, 5.74) is 0.937. The van der Waals surface area contributed by atoms with Crippen LogP contribution in [0.15, 0.2) is 18.2 Å². The molecule has 1 saturated carbocycles. The van der Waals surface area contributed by atoms with Crippen LogP contribution in [0.1, 0.15) is 61.1 Å². The van der Waals surface area contributed by atoms with Crippen molar-refractivity contribution >= 4 is 0 Å². The minimum Gasteiger partial charge on any atom is -0.166 e. The maximum Gasteiger partial charge on any atom is 0.416 e. The molecule has 0 unspecified atom stereocenters. The zero-order chi connectivity index (χ0) is 13.2. The lowest BCUT2D eigenvalue weighted by Crippen LogP contribution is -2.08. The van der Waals surface area contributed by atoms with Gasteiger partial charge >= 0.3 is 6.18 Å². The monoisotopic (exact) mass is 256 g/mol. The van der Waals surface area contributed by atoms with E-state index >= 15 is 0 Å². The van der Waals surface area contributed by atoms with Crippen LogP contribution in [0.25, 0.3) is 0 Å². The number of alkyl halides is 3. The number of benzene rings is 1. The molecule has 1 aliphatic rings. The van der Waals surface area contributed by atoms with Crippen LogP contribution < -0.4 is 0 Å². The van der Waals surface area contributed by atoms with Crippen molar-refractivity contribution in [1.82, 2.24) is 0 Å². The Balaban J connectivity index is 2.22. The van der Waals surface area contributed by atoms with E-state index in [1.807, 2.05) is 0 Å². The Kier molecular flexibility index (Phi) is 3.98. The topological polar surface area (TPSA) is 0 Å². The summed E-state index contributed by atoms with van der Waals surface area (Å²) in [6.45, 7) is 1.56. The third kappa shape index (κ3) is 3.06. The van der Waals surface area contributed by atoms with Gasteiger partial charge in [0, 0.05) is 0 Å². The van der Waals surface area contributed by atoms with Crippen LogP contribution >= 0.6 is 0 Å². The van der Waals surface area contributed by atoms with Crippen LogP contribution in [0, 0.1) is 6.92 Å². The van der Waals surface area contributed by atoms with Gasteiger partial charge < -0.3 is 0 Å². The molecular formula is C15H19F3. The molecule has 1 aromatic rings. The average Bonchev–Trinajstić information content (AvgIpc) is 2.55. The van der Waals surface area contributed by atoms with Crippen LogP contribution in [-0.4, -0.2) is 0 Å². The zero-order valence-corrected chi connectivity index (χ0v) is 10.7. The van der Waals surface area contributed by atoms with Gasteiger partial charge in [-0.15, -0.1) is 0 Å². The molecule has 2 rings (SSSR count). The first kappa shape index (κ1) is 13.4. The Hall–Kier alpha value is -0.990. The third-order valence-corrected chi connectivity index (χ3v) is 3.88. The summed E-state index contributed by atoms with van der Waals surface area (Å²) in [5.74, 6) is 0.452. The molecular weight excluding hydrogens is 237 g/mol. The van der Waals surface area contributed by atoms with E-state index in [-0.39, 0.29) is 0 Å². The largest absolute Gasteiger partial charge is 0.416 e. The molecule has 0 bridgehead atoms. The number of hydrogen-bond acceptors (Lipinski definition) is 0. The second kappa shape index (κ2) is 5.33. The summed E-state index contributed by atoms with van der Waals surface area (Å²) < 4.78 is 38.1. The van der Waals surface area contributed by atoms with Gasteiger partial charge in [-0.2, -0.15) is 13.2 Å². The average molecular weight is 256 g/mol. The van der Waals surface area contributed by atoms with Gasteiger partial charge in [-0.1, -0.05) is 37.8 Å². The molecule has 100 valence electrons. The van der Waals surface area contributed by atoms with E-state index in [0.29, 0.717) is 11.5 Å². The standard InChI is InChI=1S/C15H19F3/c1-11-10-13(8-9-14(11)15(16,17)18)12-6-4-2-3-5-7-12/h8-10,12H,2-7H2,1H3. The summed E-state index contributed by atoms with van der Waals surface area (Å²) in [5, 5.41) is 0. The molecule has 0 N–H and O–H groups in total. The van der Waals surface area contributed by atoms with Gasteiger partial charge in [0.1, 0.15) is 0 Å². The molecule has 0 aromatic heterocycles. The highest BCUT2D eigenvalue weighted by molar-refractivity contribution is 5.34. The van der Waals surface area contributed by atoms with E-state index in [1.54, 1.807) is 19.1 Å². The first-order valence-electron chi connectivity index (χ1n) is 6.66. The van der Waals surface area contributed by atoms with Crippen molar-refractivity contribution in [2.45, 2.75) is 57.5 Å². The van der Waals surface area contributed by atoms with Gasteiger partial charge in [-0.05, 0) is 42.9 Å². The smallest absolute Gasteiger partial charge is 0.166 e. The molecule has 0 spiro atoms. The minimum atomic E-state index is -4.23. The molecule has 3 heteroatoms. The highest BCUT2D eigenvalue weighted by atomic mass is 19.4. The normalized spacial score (nSPS) is 18.7. The predicted octanol–water partition coefficient (Wildman–Crippen LogP) is 5.45. The van der Waals surface area contributed by atoms with Crippen LogP contribution in [0.2, 0.25) is 0 Å². The van der Waals surface area contributed by atoms with E-state index < -0.39 is 11.7 Å². The van der Waals surface area contributed by atoms with Gasteiger partial charge in [0.2, 0.25) is 0 Å². The summed E-state index contributed by atoms with van der Waals surface area (Å²) in [7, 11) is 0. The maximum atomic E-state index is 12.7. The van der Waals surface area contributed by atoms with Gasteiger partial charge in [0.05, 0.1) is 5.56 Å². The van der Waals surface area contributed by atoms with E-state index in [0.717, 1.165) is 18.4 Å². The Bertz CT molecular complexity index is 399. The summed E-state index contributed by atoms with van der Waals surface area (Å²) >= 11 is 0. The van der Waals surface area contributed by atoms with Gasteiger partial charge in [0.15, 0.2) is 0 Å². The highest BCUT2D eigenvalue weighted by Gasteiger charge is 2.32. The molecule has 0 atom stereocenters. The van der Waals surface area contributed by atoms with Crippen LogP contribution in [-0.2, 0) is 6.18 Å². The molecule has 0 nitrogen and oxygen atoms in total. The molecule has 1 aliphatic carbocycles. The Morgan fingerprint density at radius 2 is 1.61 bits per heavy atom. The number of halogens is 3. The second-order valence-corrected chi connectivity index (χ2v) is 5.26. The van der Waals surface area contributed by atoms with E-state index in [4.69, 9.17) is 0 Å². The van der Waals surface area contributed by atoms with Crippen molar-refractivity contribution < 1.29 is 13.2 Å². The van der Waals surface area contributed by atoms with Crippen molar-refractivity contribution in [2.24, 2.45) is 0 Å². The van der Waals surface area contributed by atoms with Crippen molar-refractivity contribution in [1.29, 1.82) is 0 Å². The maximum absolute atomic E-state index is 12.7. The number of hydrogen-bond donors (Lipinski definition) is 0. The fraction of sp³-hybridized carbons (Fsp3) is 0.600. The lowest BCUT2D eigenvalue weighted by Gasteiger charge is -2.17. The predicted molar refractivity (Wildman–Crippen MR) is 66.6 cm³/mol. The Labute approximate surface area is 106 Å². The lowest BCUT2D eigenvalue weighted by atomic mass is 9.89. The number of rotatable bonds is 1. The van der Waals surface area contributed by atoms with Crippen molar-refractivity contribution in [2.75, 3.05) is 0 Å². The zero-order valence-electron chi connectivity index (χ0n) is 10.7. The van der Waals surface area contributed by atoms with Crippen molar-refractivity contribution in [3.8, 4) is 0 Å². The summed E-state index contributed by atoms with van der Waals surface area (Å²) in [4.78, 5) is 0. The van der Waals surface area contributed by atoms with Crippen LogP contribution in [0.4, 0.5) is 13.2 Å². The van der Waals surface area contributed by atoms with Crippen molar-refractivity contribution in [3.63, 3.8) is 0 Å². The fourth-order valence-electron chi connectivity index (χ4n) is 2.87. The Morgan fingerprint density at radius 3 is 2.11 bits per heavy atom. The fourth-order valence-corrected chi connectivity index (χ4v) is 2.87. The summed E-state index contributed by atoms with van der Waals surface area (Å²) in [6.07, 6.45) is 2.92. The first-order valence-corrected chi connectivity index (χ1v) is 6.66. The van der Waals surface area contributed by atoms with Crippen LogP contribution in [0.3, 0.4) is 0 Å². The SMILES string of the molecule is Cc1cc(C2CCCCCC2)ccc1C(F)(F)F. The number of aryl methyl sites for hydroxylation is 1. The molecule has 18 heavy (non-hydrogen) atoms. The summed E-state index contributed by atoms with van der Waals surface area (Å²) in [6, 6.07) is 4.65. The molecule has 0 heterocycles. The van der Waals surface area contributed by atoms with Gasteiger partial charge in [-0.25, -0.2) is 0 Å². The van der Waals surface area contributed by atoms with E-state index in [9.17, 15) is 13.2 Å². The quantitative estimate of drug-likeness (QED) is 0.586. The van der Waals surface area contributed by atoms with Crippen molar-refractivity contribution in [3.05, 3.63) is 34.9 Å². The van der Waals surface area contributed by atoms with Crippen LogP contribution in [0.5, 0.6) is 0 Å². The van der Waals surface area contributed by atoms with Gasteiger partial charge in [-0.3, -0.25) is 0 Å². The second-order valence-electron chi connectivity index (χ2n) is 5.26. The molecule has 1 aromatic carbocycles. The van der Waals surface area contributed by atoms with Gasteiger partial charge in [0.25, 0.3) is 0 Å². The molecule has 0 saturated heterocycles. The highest BCUT2D eigenvalue weighted by Crippen LogP contribution is 2.36. The first-order chi connectivity index (χ1) is 8.48. The van der Waals surface area contributed by atoms with E-state index in [1.165, 1.54) is 31.7 Å². The molecule has 0 aliphatic heterocycles. The van der Waals surface area contributed by atoms with E-state index in [2.05, 4.69) is 0 Å².